The largest absolute Gasteiger partial charge is 0.444 e. The van der Waals surface area contributed by atoms with Gasteiger partial charge in [-0.1, -0.05) is 78.6 Å². The lowest BCUT2D eigenvalue weighted by molar-refractivity contribution is -0.147. The molecule has 1 aliphatic heterocycles. The van der Waals surface area contributed by atoms with Gasteiger partial charge >= 0.3 is 12.2 Å². The topological polar surface area (TPSA) is 226 Å². The van der Waals surface area contributed by atoms with Gasteiger partial charge in [0.1, 0.15) is 35.4 Å². The van der Waals surface area contributed by atoms with Gasteiger partial charge in [0, 0.05) is 26.2 Å². The van der Waals surface area contributed by atoms with Crippen LogP contribution in [0.5, 0.6) is 0 Å². The van der Waals surface area contributed by atoms with Gasteiger partial charge < -0.3 is 55.9 Å². The predicted octanol–water partition coefficient (Wildman–Crippen LogP) is 4.92. The van der Waals surface area contributed by atoms with Crippen molar-refractivity contribution in [3.05, 3.63) is 0 Å². The van der Waals surface area contributed by atoms with Crippen LogP contribution >= 0.6 is 0 Å². The SMILES string of the molecule is CCCCCC[C@H]1OC[C@@H](C)NC(=O)[C@H](CN(C)CCCNC(=O)OC(C)(C)C)NC(=O)[C@H](CNC(=O)OC(C)(C)C)NC(=O)[C@H](C2CCCCCC2)NC(=O)[C@H](CCC)N(C)C(=O)[C@@H]1C. The van der Waals surface area contributed by atoms with Gasteiger partial charge in [0.15, 0.2) is 0 Å². The monoisotopic (exact) mass is 937 g/mol. The molecule has 0 radical (unpaired) electrons. The number of ether oxygens (including phenoxy) is 3. The quantitative estimate of drug-likeness (QED) is 0.0900. The summed E-state index contributed by atoms with van der Waals surface area (Å²) in [4.78, 5) is 101. The zero-order valence-electron chi connectivity index (χ0n) is 42.5. The molecule has 0 aromatic heterocycles. The molecule has 0 unspecified atom stereocenters. The molecule has 7 amide bonds. The van der Waals surface area contributed by atoms with Crippen molar-refractivity contribution in [2.45, 2.75) is 207 Å². The normalized spacial score (nSPS) is 25.3. The van der Waals surface area contributed by atoms with Gasteiger partial charge in [0.25, 0.3) is 0 Å². The van der Waals surface area contributed by atoms with Gasteiger partial charge in [-0.05, 0) is 100 Å². The first-order valence-electron chi connectivity index (χ1n) is 24.7. The molecule has 0 bridgehead atoms. The Morgan fingerprint density at radius 3 is 1.91 bits per heavy atom. The average molecular weight is 937 g/mol. The van der Waals surface area contributed by atoms with Crippen molar-refractivity contribution >= 4 is 41.7 Å². The third-order valence-corrected chi connectivity index (χ3v) is 11.9. The Kier molecular flexibility index (Phi) is 25.3. The first-order valence-corrected chi connectivity index (χ1v) is 24.7. The smallest absolute Gasteiger partial charge is 0.407 e. The molecule has 380 valence electrons. The van der Waals surface area contributed by atoms with Crippen LogP contribution in [0.3, 0.4) is 0 Å². The van der Waals surface area contributed by atoms with Gasteiger partial charge in [-0.3, -0.25) is 24.0 Å². The van der Waals surface area contributed by atoms with E-state index in [0.29, 0.717) is 51.6 Å². The number of unbranched alkanes of at least 4 members (excludes halogenated alkanes) is 3. The number of rotatable bonds is 16. The third kappa shape index (κ3) is 22.1. The van der Waals surface area contributed by atoms with Crippen molar-refractivity contribution in [3.8, 4) is 0 Å². The second kappa shape index (κ2) is 28.9. The van der Waals surface area contributed by atoms with Gasteiger partial charge in [0.05, 0.1) is 25.2 Å². The minimum absolute atomic E-state index is 0.0370. The van der Waals surface area contributed by atoms with Crippen molar-refractivity contribution in [1.29, 1.82) is 0 Å². The number of likely N-dealkylation sites (N-methyl/N-ethyl adjacent to an activating group) is 2. The fourth-order valence-electron chi connectivity index (χ4n) is 8.30. The lowest BCUT2D eigenvalue weighted by Gasteiger charge is -2.34. The molecular weight excluding hydrogens is 849 g/mol. The van der Waals surface area contributed by atoms with Crippen molar-refractivity contribution in [1.82, 2.24) is 41.7 Å². The van der Waals surface area contributed by atoms with Crippen LogP contribution < -0.4 is 31.9 Å². The average Bonchev–Trinajstić information content (AvgIpc) is 3.51. The minimum atomic E-state index is -1.40. The molecule has 66 heavy (non-hydrogen) atoms. The molecule has 0 spiro atoms. The maximum absolute atomic E-state index is 14.7. The molecule has 1 heterocycles. The molecule has 1 aliphatic carbocycles. The number of carbonyl (C=O) groups excluding carboxylic acids is 7. The van der Waals surface area contributed by atoms with Gasteiger partial charge in [0.2, 0.25) is 29.5 Å². The summed E-state index contributed by atoms with van der Waals surface area (Å²) in [5.74, 6) is -3.52. The number of alkyl carbamates (subject to hydrolysis) is 2. The summed E-state index contributed by atoms with van der Waals surface area (Å²) in [6.07, 6.45) is 9.02. The Morgan fingerprint density at radius 1 is 0.727 bits per heavy atom. The van der Waals surface area contributed by atoms with E-state index in [9.17, 15) is 33.6 Å². The first-order chi connectivity index (χ1) is 31.0. The highest BCUT2D eigenvalue weighted by molar-refractivity contribution is 5.96. The molecule has 2 rings (SSSR count). The third-order valence-electron chi connectivity index (χ3n) is 11.9. The van der Waals surface area contributed by atoms with Crippen LogP contribution in [0.15, 0.2) is 0 Å². The van der Waals surface area contributed by atoms with E-state index in [1.54, 1.807) is 62.6 Å². The fraction of sp³-hybridized carbons (Fsp3) is 0.854. The van der Waals surface area contributed by atoms with Gasteiger partial charge in [-0.25, -0.2) is 9.59 Å². The Balaban J connectivity index is 2.63. The number of hydrogen-bond donors (Lipinski definition) is 6. The molecule has 1 saturated heterocycles. The van der Waals surface area contributed by atoms with E-state index in [2.05, 4.69) is 38.8 Å². The van der Waals surface area contributed by atoms with E-state index >= 15 is 0 Å². The van der Waals surface area contributed by atoms with E-state index in [1.807, 2.05) is 18.7 Å². The van der Waals surface area contributed by atoms with Crippen molar-refractivity contribution < 1.29 is 47.8 Å². The van der Waals surface area contributed by atoms with Crippen molar-refractivity contribution in [3.63, 3.8) is 0 Å². The fourth-order valence-corrected chi connectivity index (χ4v) is 8.30. The molecule has 1 saturated carbocycles. The highest BCUT2D eigenvalue weighted by Gasteiger charge is 2.39. The van der Waals surface area contributed by atoms with Gasteiger partial charge in [-0.15, -0.1) is 0 Å². The van der Waals surface area contributed by atoms with E-state index in [0.717, 1.165) is 51.4 Å². The summed E-state index contributed by atoms with van der Waals surface area (Å²) in [7, 11) is 3.40. The Hall–Kier alpha value is -4.19. The number of nitrogens with one attached hydrogen (secondary N) is 6. The molecule has 7 atom stereocenters. The van der Waals surface area contributed by atoms with Crippen LogP contribution in [0.1, 0.15) is 159 Å². The van der Waals surface area contributed by atoms with E-state index < -0.39 is 95.8 Å². The summed E-state index contributed by atoms with van der Waals surface area (Å²) in [5.41, 5.74) is -1.51. The van der Waals surface area contributed by atoms with Crippen LogP contribution in [0.25, 0.3) is 0 Å². The highest BCUT2D eigenvalue weighted by Crippen LogP contribution is 2.27. The second-order valence-electron chi connectivity index (χ2n) is 20.5. The Labute approximate surface area is 395 Å². The number of hydrogen-bond acceptors (Lipinski definition) is 11. The van der Waals surface area contributed by atoms with Crippen LogP contribution in [-0.2, 0) is 38.2 Å². The zero-order chi connectivity index (χ0) is 49.6. The number of amides is 7. The summed E-state index contributed by atoms with van der Waals surface area (Å²) in [5, 5.41) is 17.0. The summed E-state index contributed by atoms with van der Waals surface area (Å²) in [6.45, 7) is 18.5. The van der Waals surface area contributed by atoms with E-state index in [1.165, 1.54) is 4.90 Å². The van der Waals surface area contributed by atoms with E-state index in [4.69, 9.17) is 14.2 Å². The predicted molar refractivity (Wildman–Crippen MR) is 254 cm³/mol. The Morgan fingerprint density at radius 2 is 1.32 bits per heavy atom. The van der Waals surface area contributed by atoms with Crippen molar-refractivity contribution in [2.75, 3.05) is 46.9 Å². The lowest BCUT2D eigenvalue weighted by Crippen LogP contribution is -2.63. The molecule has 0 aromatic carbocycles. The second-order valence-corrected chi connectivity index (χ2v) is 20.5. The zero-order valence-corrected chi connectivity index (χ0v) is 42.5. The summed E-state index contributed by atoms with van der Waals surface area (Å²) >= 11 is 0. The summed E-state index contributed by atoms with van der Waals surface area (Å²) in [6, 6.07) is -5.06. The molecule has 2 aliphatic rings. The molecule has 6 N–H and O–H groups in total. The maximum atomic E-state index is 14.7. The van der Waals surface area contributed by atoms with Crippen LogP contribution in [0.4, 0.5) is 9.59 Å². The maximum Gasteiger partial charge on any atom is 0.407 e. The first kappa shape index (κ1) is 57.9. The van der Waals surface area contributed by atoms with Gasteiger partial charge in [-0.2, -0.15) is 0 Å². The van der Waals surface area contributed by atoms with Crippen LogP contribution in [0, 0.1) is 11.8 Å². The van der Waals surface area contributed by atoms with Crippen LogP contribution in [-0.4, -0.2) is 146 Å². The molecule has 2 fully saturated rings. The van der Waals surface area contributed by atoms with Crippen LogP contribution in [0.2, 0.25) is 0 Å². The standard InChI is InChI=1S/C48H88N8O10/c1-13-15-16-21-26-38-33(4)44(61)56(12)37(23-14-2)42(59)54-39(34-24-19-17-18-20-25-34)43(60)52-35(29-50-46(63)66-48(8,9)10)40(57)53-36(41(58)51-32(3)31-64-38)30-55(11)28-22-27-49-45(62)65-47(5,6)7/h32-39H,13-31H2,1-12H3,(H,49,62)(H,50,63)(H,51,58)(H,52,60)(H,53,57)(H,54,59)/t32-,33-,35+,36+,37+,38-,39+/m1/s1. The molecule has 0 aromatic rings. The molecular formula is C48H88N8O10. The number of nitrogens with zero attached hydrogens (tertiary/aromatic N) is 2. The molecule has 18 nitrogen and oxygen atoms in total. The lowest BCUT2D eigenvalue weighted by atomic mass is 9.90. The van der Waals surface area contributed by atoms with Crippen molar-refractivity contribution in [2.24, 2.45) is 11.8 Å². The Bertz CT molecular complexity index is 1540. The summed E-state index contributed by atoms with van der Waals surface area (Å²) < 4.78 is 17.3. The number of carbonyl (C=O) groups is 7. The van der Waals surface area contributed by atoms with E-state index in [-0.39, 0.29) is 25.0 Å². The highest BCUT2D eigenvalue weighted by atomic mass is 16.6. The molecule has 18 heteroatoms. The minimum Gasteiger partial charge on any atom is -0.444 e.